The number of nitrogens with zero attached hydrogens (tertiary/aromatic N) is 2. The van der Waals surface area contributed by atoms with E-state index in [1.54, 1.807) is 45.8 Å². The number of rotatable bonds is 6. The number of aromatic nitrogens is 2. The predicted octanol–water partition coefficient (Wildman–Crippen LogP) is -0.0105. The SMILES string of the molecule is CC(C)n1ccn(CCOc2ccc(B(O)O)cc2)c1=O. The summed E-state index contributed by atoms with van der Waals surface area (Å²) in [6.45, 7) is 4.74. The van der Waals surface area contributed by atoms with Crippen LogP contribution in [0.4, 0.5) is 0 Å². The minimum absolute atomic E-state index is 0.0487. The van der Waals surface area contributed by atoms with Crippen molar-refractivity contribution in [2.45, 2.75) is 26.4 Å². The Labute approximate surface area is 123 Å². The molecule has 0 unspecified atom stereocenters. The first-order chi connectivity index (χ1) is 9.99. The van der Waals surface area contributed by atoms with Crippen molar-refractivity contribution in [2.75, 3.05) is 6.61 Å². The molecule has 1 aromatic carbocycles. The largest absolute Gasteiger partial charge is 0.492 e. The topological polar surface area (TPSA) is 76.6 Å². The van der Waals surface area contributed by atoms with Gasteiger partial charge in [-0.25, -0.2) is 4.79 Å². The van der Waals surface area contributed by atoms with E-state index in [4.69, 9.17) is 14.8 Å². The van der Waals surface area contributed by atoms with E-state index in [1.165, 1.54) is 0 Å². The van der Waals surface area contributed by atoms with Gasteiger partial charge in [0.15, 0.2) is 0 Å². The number of benzene rings is 1. The highest BCUT2D eigenvalue weighted by Crippen LogP contribution is 2.07. The first kappa shape index (κ1) is 15.4. The normalized spacial score (nSPS) is 10.9. The Balaban J connectivity index is 1.91. The van der Waals surface area contributed by atoms with Gasteiger partial charge < -0.3 is 14.8 Å². The van der Waals surface area contributed by atoms with Crippen molar-refractivity contribution in [3.8, 4) is 5.75 Å². The van der Waals surface area contributed by atoms with Crippen LogP contribution < -0.4 is 15.9 Å². The van der Waals surface area contributed by atoms with E-state index in [2.05, 4.69) is 0 Å². The van der Waals surface area contributed by atoms with E-state index in [9.17, 15) is 4.79 Å². The fraction of sp³-hybridized carbons (Fsp3) is 0.357. The molecule has 0 aliphatic heterocycles. The van der Waals surface area contributed by atoms with Crippen LogP contribution in [0.1, 0.15) is 19.9 Å². The smallest absolute Gasteiger partial charge is 0.488 e. The van der Waals surface area contributed by atoms with Gasteiger partial charge in [-0.15, -0.1) is 0 Å². The van der Waals surface area contributed by atoms with Crippen molar-refractivity contribution < 1.29 is 14.8 Å². The third-order valence-electron chi connectivity index (χ3n) is 3.21. The lowest BCUT2D eigenvalue weighted by molar-refractivity contribution is 0.295. The van der Waals surface area contributed by atoms with Crippen molar-refractivity contribution in [2.24, 2.45) is 0 Å². The van der Waals surface area contributed by atoms with E-state index >= 15 is 0 Å². The Morgan fingerprint density at radius 3 is 2.38 bits per heavy atom. The van der Waals surface area contributed by atoms with E-state index in [1.807, 2.05) is 13.8 Å². The Bertz CT molecular complexity index is 631. The lowest BCUT2D eigenvalue weighted by atomic mass is 9.80. The third-order valence-corrected chi connectivity index (χ3v) is 3.21. The molecule has 0 radical (unpaired) electrons. The second-order valence-electron chi connectivity index (χ2n) is 5.07. The Morgan fingerprint density at radius 2 is 1.86 bits per heavy atom. The average Bonchev–Trinajstić information content (AvgIpc) is 2.81. The second kappa shape index (κ2) is 6.65. The predicted molar refractivity (Wildman–Crippen MR) is 80.8 cm³/mol. The maximum atomic E-state index is 12.0. The van der Waals surface area contributed by atoms with Crippen LogP contribution in [-0.2, 0) is 6.54 Å². The summed E-state index contributed by atoms with van der Waals surface area (Å²) in [6.07, 6.45) is 3.52. The molecule has 1 aromatic heterocycles. The monoisotopic (exact) mass is 290 g/mol. The quantitative estimate of drug-likeness (QED) is 0.734. The molecule has 21 heavy (non-hydrogen) atoms. The number of imidazole rings is 1. The van der Waals surface area contributed by atoms with E-state index in [0.717, 1.165) is 0 Å². The maximum absolute atomic E-state index is 12.0. The molecule has 1 heterocycles. The van der Waals surface area contributed by atoms with Crippen molar-refractivity contribution >= 4 is 12.6 Å². The van der Waals surface area contributed by atoms with Crippen LogP contribution in [-0.4, -0.2) is 32.9 Å². The first-order valence-electron chi connectivity index (χ1n) is 6.85. The third kappa shape index (κ3) is 3.77. The van der Waals surface area contributed by atoms with Gasteiger partial charge in [0.25, 0.3) is 0 Å². The molecule has 2 N–H and O–H groups in total. The molecule has 0 fully saturated rings. The van der Waals surface area contributed by atoms with Crippen LogP contribution >= 0.6 is 0 Å². The molecule has 6 nitrogen and oxygen atoms in total. The molecule has 0 spiro atoms. The molecule has 0 bridgehead atoms. The fourth-order valence-electron chi connectivity index (χ4n) is 1.99. The lowest BCUT2D eigenvalue weighted by Gasteiger charge is -2.08. The fourth-order valence-corrected chi connectivity index (χ4v) is 1.99. The van der Waals surface area contributed by atoms with Crippen LogP contribution in [0.3, 0.4) is 0 Å². The van der Waals surface area contributed by atoms with Crippen LogP contribution in [0.2, 0.25) is 0 Å². The van der Waals surface area contributed by atoms with Gasteiger partial charge in [-0.05, 0) is 31.4 Å². The summed E-state index contributed by atoms with van der Waals surface area (Å²) >= 11 is 0. The summed E-state index contributed by atoms with van der Waals surface area (Å²) in [7, 11) is -1.48. The Kier molecular flexibility index (Phi) is 4.87. The molecule has 0 aliphatic rings. The van der Waals surface area contributed by atoms with Gasteiger partial charge in [0.2, 0.25) is 0 Å². The minimum atomic E-state index is -1.48. The summed E-state index contributed by atoms with van der Waals surface area (Å²) < 4.78 is 8.80. The average molecular weight is 290 g/mol. The summed E-state index contributed by atoms with van der Waals surface area (Å²) in [5.74, 6) is 0.621. The summed E-state index contributed by atoms with van der Waals surface area (Å²) in [6, 6.07) is 6.63. The van der Waals surface area contributed by atoms with Gasteiger partial charge in [0.1, 0.15) is 12.4 Å². The molecule has 0 saturated carbocycles. The number of hydrogen-bond donors (Lipinski definition) is 2. The summed E-state index contributed by atoms with van der Waals surface area (Å²) in [5, 5.41) is 18.0. The van der Waals surface area contributed by atoms with Gasteiger partial charge >= 0.3 is 12.8 Å². The maximum Gasteiger partial charge on any atom is 0.488 e. The molecule has 2 rings (SSSR count). The van der Waals surface area contributed by atoms with E-state index < -0.39 is 7.12 Å². The highest BCUT2D eigenvalue weighted by Gasteiger charge is 2.10. The standard InChI is InChI=1S/C14H19BN2O4/c1-11(2)17-8-7-16(14(17)18)9-10-21-13-5-3-12(4-6-13)15(19)20/h3-8,11,19-20H,9-10H2,1-2H3. The van der Waals surface area contributed by atoms with Gasteiger partial charge in [-0.2, -0.15) is 0 Å². The first-order valence-corrected chi connectivity index (χ1v) is 6.85. The van der Waals surface area contributed by atoms with Crippen molar-refractivity contribution in [3.05, 3.63) is 47.1 Å². The van der Waals surface area contributed by atoms with Gasteiger partial charge in [0, 0.05) is 18.4 Å². The van der Waals surface area contributed by atoms with Crippen LogP contribution in [0.5, 0.6) is 5.75 Å². The Hall–Kier alpha value is -1.99. The van der Waals surface area contributed by atoms with Gasteiger partial charge in [-0.1, -0.05) is 12.1 Å². The number of ether oxygens (including phenoxy) is 1. The second-order valence-corrected chi connectivity index (χ2v) is 5.07. The van der Waals surface area contributed by atoms with Crippen LogP contribution in [0, 0.1) is 0 Å². The van der Waals surface area contributed by atoms with Crippen molar-refractivity contribution in [3.63, 3.8) is 0 Å². The highest BCUT2D eigenvalue weighted by molar-refractivity contribution is 6.58. The summed E-state index contributed by atoms with van der Waals surface area (Å²) in [5.41, 5.74) is 0.361. The molecule has 112 valence electrons. The van der Waals surface area contributed by atoms with Crippen LogP contribution in [0.15, 0.2) is 41.5 Å². The Morgan fingerprint density at radius 1 is 1.19 bits per heavy atom. The molecule has 7 heteroatoms. The van der Waals surface area contributed by atoms with Crippen molar-refractivity contribution in [1.82, 2.24) is 9.13 Å². The van der Waals surface area contributed by atoms with Gasteiger partial charge in [-0.3, -0.25) is 9.13 Å². The molecular formula is C14H19BN2O4. The van der Waals surface area contributed by atoms with E-state index in [0.29, 0.717) is 24.4 Å². The highest BCUT2D eigenvalue weighted by atomic mass is 16.5. The molecule has 0 aliphatic carbocycles. The molecular weight excluding hydrogens is 271 g/mol. The zero-order valence-corrected chi connectivity index (χ0v) is 12.1. The molecule has 0 amide bonds. The van der Waals surface area contributed by atoms with Crippen LogP contribution in [0.25, 0.3) is 0 Å². The van der Waals surface area contributed by atoms with Crippen molar-refractivity contribution in [1.29, 1.82) is 0 Å². The molecule has 0 saturated heterocycles. The lowest BCUT2D eigenvalue weighted by Crippen LogP contribution is -2.29. The molecule has 0 atom stereocenters. The zero-order valence-electron chi connectivity index (χ0n) is 12.1. The van der Waals surface area contributed by atoms with Gasteiger partial charge in [0.05, 0.1) is 6.54 Å². The molecule has 2 aromatic rings. The zero-order chi connectivity index (χ0) is 15.4. The number of hydrogen-bond acceptors (Lipinski definition) is 4. The minimum Gasteiger partial charge on any atom is -0.492 e. The summed E-state index contributed by atoms with van der Waals surface area (Å²) in [4.78, 5) is 12.0. The van der Waals surface area contributed by atoms with E-state index in [-0.39, 0.29) is 11.7 Å².